The van der Waals surface area contributed by atoms with Crippen molar-refractivity contribution < 1.29 is 4.79 Å². The van der Waals surface area contributed by atoms with Crippen LogP contribution in [-0.2, 0) is 0 Å². The number of primary amides is 1. The summed E-state index contributed by atoms with van der Waals surface area (Å²) in [7, 11) is 0. The molecule has 0 spiro atoms. The van der Waals surface area contributed by atoms with Crippen molar-refractivity contribution in [3.8, 4) is 0 Å². The Bertz CT molecular complexity index is 476. The molecule has 4 N–H and O–H groups in total. The molecule has 0 aliphatic carbocycles. The number of nitrogens with zero attached hydrogens (tertiary/aromatic N) is 1. The highest BCUT2D eigenvalue weighted by molar-refractivity contribution is 9.10. The lowest BCUT2D eigenvalue weighted by Gasteiger charge is -2.40. The second-order valence-corrected chi connectivity index (χ2v) is 6.06. The van der Waals surface area contributed by atoms with E-state index in [0.717, 1.165) is 29.5 Å². The van der Waals surface area contributed by atoms with Crippen molar-refractivity contribution in [3.63, 3.8) is 0 Å². The predicted octanol–water partition coefficient (Wildman–Crippen LogP) is 2.25. The highest BCUT2D eigenvalue weighted by Gasteiger charge is 2.28. The van der Waals surface area contributed by atoms with Gasteiger partial charge in [-0.2, -0.15) is 0 Å². The molecule has 2 atom stereocenters. The van der Waals surface area contributed by atoms with Crippen LogP contribution in [0.5, 0.6) is 0 Å². The van der Waals surface area contributed by atoms with Gasteiger partial charge in [0, 0.05) is 23.1 Å². The molecule has 0 bridgehead atoms. The second-order valence-electron chi connectivity index (χ2n) is 5.14. The van der Waals surface area contributed by atoms with Crippen LogP contribution >= 0.6 is 15.9 Å². The van der Waals surface area contributed by atoms with Crippen LogP contribution < -0.4 is 16.4 Å². The third-order valence-electron chi connectivity index (χ3n) is 3.69. The quantitative estimate of drug-likeness (QED) is 0.895. The lowest BCUT2D eigenvalue weighted by Crippen LogP contribution is -2.49. The first-order chi connectivity index (χ1) is 9.00. The van der Waals surface area contributed by atoms with E-state index in [-0.39, 0.29) is 12.1 Å². The summed E-state index contributed by atoms with van der Waals surface area (Å²) in [4.78, 5) is 13.8. The maximum Gasteiger partial charge on any atom is 0.250 e. The monoisotopic (exact) mass is 325 g/mol. The Labute approximate surface area is 122 Å². The fourth-order valence-electron chi connectivity index (χ4n) is 2.75. The summed E-state index contributed by atoms with van der Waals surface area (Å²) in [5, 5.41) is 0. The summed E-state index contributed by atoms with van der Waals surface area (Å²) in [5.41, 5.74) is 13.0. The maximum atomic E-state index is 11.6. The Balaban J connectivity index is 2.43. The molecular formula is C14H20BrN3O. The molecule has 1 amide bonds. The fraction of sp³-hybridized carbons (Fsp3) is 0.500. The van der Waals surface area contributed by atoms with Crippen molar-refractivity contribution in [1.29, 1.82) is 0 Å². The molecule has 1 aliphatic heterocycles. The Morgan fingerprint density at radius 1 is 1.47 bits per heavy atom. The van der Waals surface area contributed by atoms with Crippen molar-refractivity contribution in [2.75, 3.05) is 11.4 Å². The summed E-state index contributed by atoms with van der Waals surface area (Å²) in [6, 6.07) is 5.91. The summed E-state index contributed by atoms with van der Waals surface area (Å²) in [6.07, 6.45) is 3.36. The van der Waals surface area contributed by atoms with E-state index in [4.69, 9.17) is 11.5 Å². The summed E-state index contributed by atoms with van der Waals surface area (Å²) in [6.45, 7) is 2.94. The number of carbonyl (C=O) groups excluding carboxylic acids is 1. The molecule has 1 aromatic rings. The van der Waals surface area contributed by atoms with E-state index < -0.39 is 5.91 Å². The van der Waals surface area contributed by atoms with Crippen molar-refractivity contribution in [2.45, 2.75) is 38.3 Å². The standard InChI is InChI=1S/C14H20BrN3O/c1-9(16)12-4-2-3-7-18(12)13-8-10(15)5-6-11(13)14(17)19/h5-6,8-9,12H,2-4,7,16H2,1H3,(H2,17,19). The number of carbonyl (C=O) groups is 1. The molecule has 1 saturated heterocycles. The maximum absolute atomic E-state index is 11.6. The molecular weight excluding hydrogens is 306 g/mol. The highest BCUT2D eigenvalue weighted by atomic mass is 79.9. The average Bonchev–Trinajstić information content (AvgIpc) is 2.38. The van der Waals surface area contributed by atoms with Crippen molar-refractivity contribution >= 4 is 27.5 Å². The van der Waals surface area contributed by atoms with Gasteiger partial charge in [-0.3, -0.25) is 4.79 Å². The molecule has 104 valence electrons. The number of piperidine rings is 1. The molecule has 2 rings (SSSR count). The van der Waals surface area contributed by atoms with Crippen LogP contribution in [0, 0.1) is 0 Å². The minimum atomic E-state index is -0.392. The molecule has 1 fully saturated rings. The molecule has 0 aromatic heterocycles. The van der Waals surface area contributed by atoms with Crippen LogP contribution in [0.4, 0.5) is 5.69 Å². The zero-order chi connectivity index (χ0) is 14.0. The van der Waals surface area contributed by atoms with Gasteiger partial charge in [-0.15, -0.1) is 0 Å². The Hall–Kier alpha value is -1.07. The van der Waals surface area contributed by atoms with Crippen LogP contribution in [0.1, 0.15) is 36.5 Å². The van der Waals surface area contributed by atoms with E-state index in [9.17, 15) is 4.79 Å². The summed E-state index contributed by atoms with van der Waals surface area (Å²) >= 11 is 3.46. The Morgan fingerprint density at radius 3 is 2.84 bits per heavy atom. The van der Waals surface area contributed by atoms with E-state index in [0.29, 0.717) is 5.56 Å². The zero-order valence-corrected chi connectivity index (χ0v) is 12.7. The molecule has 1 aliphatic rings. The van der Waals surface area contributed by atoms with Gasteiger partial charge in [-0.25, -0.2) is 0 Å². The third kappa shape index (κ3) is 3.09. The van der Waals surface area contributed by atoms with Gasteiger partial charge < -0.3 is 16.4 Å². The van der Waals surface area contributed by atoms with Crippen molar-refractivity contribution in [1.82, 2.24) is 0 Å². The van der Waals surface area contributed by atoms with Crippen molar-refractivity contribution in [2.24, 2.45) is 11.5 Å². The molecule has 5 heteroatoms. The van der Waals surface area contributed by atoms with Gasteiger partial charge in [0.25, 0.3) is 5.91 Å². The lowest BCUT2D eigenvalue weighted by molar-refractivity contribution is 0.100. The molecule has 1 heterocycles. The lowest BCUT2D eigenvalue weighted by atomic mass is 9.95. The minimum Gasteiger partial charge on any atom is -0.366 e. The highest BCUT2D eigenvalue weighted by Crippen LogP contribution is 2.31. The van der Waals surface area contributed by atoms with E-state index in [1.54, 1.807) is 6.07 Å². The number of hydrogen-bond acceptors (Lipinski definition) is 3. The largest absolute Gasteiger partial charge is 0.366 e. The Morgan fingerprint density at radius 2 is 2.21 bits per heavy atom. The van der Waals surface area contributed by atoms with E-state index in [1.807, 2.05) is 19.1 Å². The number of anilines is 1. The van der Waals surface area contributed by atoms with E-state index >= 15 is 0 Å². The fourth-order valence-corrected chi connectivity index (χ4v) is 3.10. The number of hydrogen-bond donors (Lipinski definition) is 2. The average molecular weight is 326 g/mol. The number of amides is 1. The minimum absolute atomic E-state index is 0.0695. The van der Waals surface area contributed by atoms with Gasteiger partial charge in [0.05, 0.1) is 11.3 Å². The molecule has 0 radical (unpaired) electrons. The predicted molar refractivity (Wildman–Crippen MR) is 81.3 cm³/mol. The number of benzene rings is 1. The third-order valence-corrected chi connectivity index (χ3v) is 4.18. The number of nitrogens with two attached hydrogens (primary N) is 2. The van der Waals surface area contributed by atoms with E-state index in [1.165, 1.54) is 6.42 Å². The zero-order valence-electron chi connectivity index (χ0n) is 11.1. The van der Waals surface area contributed by atoms with Gasteiger partial charge >= 0.3 is 0 Å². The first kappa shape index (κ1) is 14.3. The molecule has 1 aromatic carbocycles. The van der Waals surface area contributed by atoms with Gasteiger partial charge in [0.2, 0.25) is 0 Å². The van der Waals surface area contributed by atoms with Crippen LogP contribution in [0.15, 0.2) is 22.7 Å². The van der Waals surface area contributed by atoms with Crippen molar-refractivity contribution in [3.05, 3.63) is 28.2 Å². The SMILES string of the molecule is CC(N)C1CCCCN1c1cc(Br)ccc1C(N)=O. The summed E-state index contributed by atoms with van der Waals surface area (Å²) in [5.74, 6) is -0.392. The molecule has 0 saturated carbocycles. The first-order valence-corrected chi connectivity index (χ1v) is 7.41. The van der Waals surface area contributed by atoms with Gasteiger partial charge in [0.15, 0.2) is 0 Å². The molecule has 2 unspecified atom stereocenters. The van der Waals surface area contributed by atoms with Gasteiger partial charge in [-0.1, -0.05) is 15.9 Å². The van der Waals surface area contributed by atoms with Gasteiger partial charge in [-0.05, 0) is 44.4 Å². The van der Waals surface area contributed by atoms with Crippen LogP contribution in [0.2, 0.25) is 0 Å². The summed E-state index contributed by atoms with van der Waals surface area (Å²) < 4.78 is 0.946. The normalized spacial score (nSPS) is 21.2. The first-order valence-electron chi connectivity index (χ1n) is 6.62. The molecule has 19 heavy (non-hydrogen) atoms. The van der Waals surface area contributed by atoms with Crippen LogP contribution in [-0.4, -0.2) is 24.5 Å². The van der Waals surface area contributed by atoms with Crippen LogP contribution in [0.25, 0.3) is 0 Å². The Kier molecular flexibility index (Phi) is 4.47. The topological polar surface area (TPSA) is 72.3 Å². The smallest absolute Gasteiger partial charge is 0.250 e. The second kappa shape index (κ2) is 5.92. The number of halogens is 1. The molecule has 4 nitrogen and oxygen atoms in total. The van der Waals surface area contributed by atoms with Crippen LogP contribution in [0.3, 0.4) is 0 Å². The van der Waals surface area contributed by atoms with E-state index in [2.05, 4.69) is 20.8 Å². The number of rotatable bonds is 3. The van der Waals surface area contributed by atoms with Gasteiger partial charge in [0.1, 0.15) is 0 Å².